The smallest absolute Gasteiger partial charge is 0.244 e. The molecule has 0 atom stereocenters. The molecule has 0 fully saturated rings. The number of hydrogen-bond donors (Lipinski definition) is 3. The van der Waals surface area contributed by atoms with Crippen molar-refractivity contribution in [3.05, 3.63) is 32.2 Å². The third-order valence-electron chi connectivity index (χ3n) is 2.64. The largest absolute Gasteiger partial charge is 0.314 e. The number of aromatic amines is 1. The van der Waals surface area contributed by atoms with Gasteiger partial charge in [-0.1, -0.05) is 0 Å². The van der Waals surface area contributed by atoms with E-state index in [0.29, 0.717) is 17.9 Å². The van der Waals surface area contributed by atoms with Gasteiger partial charge < -0.3 is 5.32 Å². The van der Waals surface area contributed by atoms with Gasteiger partial charge in [-0.05, 0) is 42.0 Å². The van der Waals surface area contributed by atoms with Crippen molar-refractivity contribution in [3.8, 4) is 0 Å². The first-order chi connectivity index (χ1) is 9.44. The summed E-state index contributed by atoms with van der Waals surface area (Å²) in [4.78, 5) is 1.17. The first-order valence-corrected chi connectivity index (χ1v) is 8.95. The van der Waals surface area contributed by atoms with Crippen molar-refractivity contribution in [1.29, 1.82) is 0 Å². The van der Waals surface area contributed by atoms with Gasteiger partial charge in [0.25, 0.3) is 0 Å². The van der Waals surface area contributed by atoms with Crippen LogP contribution in [0.3, 0.4) is 0 Å². The SMILES string of the molecule is CNCc1n[nH]c(C)c1S(=O)(=O)NCc1ccc(Br)s1. The van der Waals surface area contributed by atoms with Crippen LogP contribution >= 0.6 is 27.3 Å². The predicted octanol–water partition coefficient (Wildman–Crippen LogP) is 1.74. The molecule has 0 aliphatic heterocycles. The summed E-state index contributed by atoms with van der Waals surface area (Å²) in [5, 5.41) is 9.64. The zero-order valence-electron chi connectivity index (χ0n) is 11.0. The van der Waals surface area contributed by atoms with Gasteiger partial charge in [-0.2, -0.15) is 5.10 Å². The van der Waals surface area contributed by atoms with Gasteiger partial charge in [-0.25, -0.2) is 13.1 Å². The molecule has 0 aromatic carbocycles. The molecule has 110 valence electrons. The number of nitrogens with one attached hydrogen (secondary N) is 3. The van der Waals surface area contributed by atoms with Gasteiger partial charge >= 0.3 is 0 Å². The molecule has 20 heavy (non-hydrogen) atoms. The van der Waals surface area contributed by atoms with Crippen molar-refractivity contribution in [3.63, 3.8) is 0 Å². The van der Waals surface area contributed by atoms with Crippen molar-refractivity contribution in [2.24, 2.45) is 0 Å². The molecule has 2 aromatic heterocycles. The summed E-state index contributed by atoms with van der Waals surface area (Å²) in [5.41, 5.74) is 1.03. The monoisotopic (exact) mass is 378 g/mol. The summed E-state index contributed by atoms with van der Waals surface area (Å²) in [6.07, 6.45) is 0. The zero-order chi connectivity index (χ0) is 14.8. The zero-order valence-corrected chi connectivity index (χ0v) is 14.2. The Morgan fingerprint density at radius 2 is 2.15 bits per heavy atom. The number of nitrogens with zero attached hydrogens (tertiary/aromatic N) is 1. The van der Waals surface area contributed by atoms with E-state index in [1.807, 2.05) is 12.1 Å². The number of rotatable bonds is 6. The molecule has 0 bridgehead atoms. The molecule has 0 unspecified atom stereocenters. The Kier molecular flexibility index (Phi) is 4.97. The molecule has 0 amide bonds. The summed E-state index contributed by atoms with van der Waals surface area (Å²) >= 11 is 4.85. The van der Waals surface area contributed by atoms with E-state index in [2.05, 4.69) is 36.2 Å². The maximum atomic E-state index is 12.4. The molecular weight excluding hydrogens is 364 g/mol. The van der Waals surface area contributed by atoms with Crippen LogP contribution in [0, 0.1) is 6.92 Å². The third kappa shape index (κ3) is 3.47. The van der Waals surface area contributed by atoms with E-state index in [1.165, 1.54) is 11.3 Å². The van der Waals surface area contributed by atoms with E-state index < -0.39 is 10.0 Å². The maximum absolute atomic E-state index is 12.4. The second-order valence-corrected chi connectivity index (χ2v) is 8.44. The molecule has 0 spiro atoms. The molecule has 2 aromatic rings. The minimum atomic E-state index is -3.58. The van der Waals surface area contributed by atoms with Gasteiger partial charge in [-0.15, -0.1) is 11.3 Å². The average molecular weight is 379 g/mol. The van der Waals surface area contributed by atoms with E-state index in [0.717, 1.165) is 8.66 Å². The molecule has 0 aliphatic rings. The molecule has 6 nitrogen and oxygen atoms in total. The first kappa shape index (κ1) is 15.6. The van der Waals surface area contributed by atoms with Crippen LogP contribution in [0.5, 0.6) is 0 Å². The lowest BCUT2D eigenvalue weighted by atomic mass is 10.4. The number of hydrogen-bond acceptors (Lipinski definition) is 5. The summed E-state index contributed by atoms with van der Waals surface area (Å²) < 4.78 is 28.3. The number of aromatic nitrogens is 2. The first-order valence-electron chi connectivity index (χ1n) is 5.86. The molecule has 0 aliphatic carbocycles. The highest BCUT2D eigenvalue weighted by atomic mass is 79.9. The van der Waals surface area contributed by atoms with Gasteiger partial charge in [0.1, 0.15) is 4.90 Å². The van der Waals surface area contributed by atoms with Crippen molar-refractivity contribution in [2.45, 2.75) is 24.9 Å². The molecule has 0 radical (unpaired) electrons. The van der Waals surface area contributed by atoms with Crippen LogP contribution < -0.4 is 10.0 Å². The normalized spacial score (nSPS) is 11.9. The van der Waals surface area contributed by atoms with E-state index in [9.17, 15) is 8.42 Å². The van der Waals surface area contributed by atoms with Crippen LogP contribution in [0.1, 0.15) is 16.3 Å². The molecule has 3 N–H and O–H groups in total. The lowest BCUT2D eigenvalue weighted by Crippen LogP contribution is -2.25. The Morgan fingerprint density at radius 3 is 2.75 bits per heavy atom. The van der Waals surface area contributed by atoms with Crippen LogP contribution in [0.2, 0.25) is 0 Å². The predicted molar refractivity (Wildman–Crippen MR) is 82.1 cm³/mol. The summed E-state index contributed by atoms with van der Waals surface area (Å²) in [6.45, 7) is 2.36. The van der Waals surface area contributed by atoms with Crippen LogP contribution in [0.25, 0.3) is 0 Å². The Hall–Kier alpha value is -0.740. The van der Waals surface area contributed by atoms with E-state index in [4.69, 9.17) is 0 Å². The molecule has 0 saturated carbocycles. The van der Waals surface area contributed by atoms with Gasteiger partial charge in [0.15, 0.2) is 0 Å². The van der Waals surface area contributed by atoms with Crippen LogP contribution in [0.15, 0.2) is 20.8 Å². The van der Waals surface area contributed by atoms with E-state index in [-0.39, 0.29) is 11.4 Å². The van der Waals surface area contributed by atoms with Crippen molar-refractivity contribution >= 4 is 37.3 Å². The Bertz CT molecular complexity index is 693. The Balaban J connectivity index is 2.20. The molecular formula is C11H15BrN4O2S2. The maximum Gasteiger partial charge on any atom is 0.244 e. The summed E-state index contributed by atoms with van der Waals surface area (Å²) in [6, 6.07) is 3.78. The van der Waals surface area contributed by atoms with Gasteiger partial charge in [0.05, 0.1) is 15.2 Å². The summed E-state index contributed by atoms with van der Waals surface area (Å²) in [5.74, 6) is 0. The number of thiophene rings is 1. The standard InChI is InChI=1S/C11H15BrN4O2S2/c1-7-11(9(6-13-2)16-15-7)20(17,18)14-5-8-3-4-10(12)19-8/h3-4,13-14H,5-6H2,1-2H3,(H,15,16). The summed E-state index contributed by atoms with van der Waals surface area (Å²) in [7, 11) is -1.83. The number of halogens is 1. The van der Waals surface area contributed by atoms with Crippen LogP contribution in [-0.2, 0) is 23.1 Å². The minimum absolute atomic E-state index is 0.225. The topological polar surface area (TPSA) is 86.9 Å². The van der Waals surface area contributed by atoms with Crippen LogP contribution in [0.4, 0.5) is 0 Å². The highest BCUT2D eigenvalue weighted by Gasteiger charge is 2.23. The number of H-pyrrole nitrogens is 1. The molecule has 9 heteroatoms. The fourth-order valence-electron chi connectivity index (χ4n) is 1.80. The number of aryl methyl sites for hydroxylation is 1. The van der Waals surface area contributed by atoms with Crippen molar-refractivity contribution in [1.82, 2.24) is 20.2 Å². The quantitative estimate of drug-likeness (QED) is 0.714. The third-order valence-corrected chi connectivity index (χ3v) is 5.87. The Morgan fingerprint density at radius 1 is 1.40 bits per heavy atom. The fraction of sp³-hybridized carbons (Fsp3) is 0.364. The van der Waals surface area contributed by atoms with Gasteiger partial charge in [0, 0.05) is 18.0 Å². The van der Waals surface area contributed by atoms with Crippen molar-refractivity contribution < 1.29 is 8.42 Å². The number of sulfonamides is 1. The lowest BCUT2D eigenvalue weighted by molar-refractivity contribution is 0.579. The molecule has 0 saturated heterocycles. The average Bonchev–Trinajstić information content (AvgIpc) is 2.95. The fourth-order valence-corrected chi connectivity index (χ4v) is 4.68. The molecule has 2 heterocycles. The minimum Gasteiger partial charge on any atom is -0.314 e. The highest BCUT2D eigenvalue weighted by Crippen LogP contribution is 2.23. The van der Waals surface area contributed by atoms with Gasteiger partial charge in [0.2, 0.25) is 10.0 Å². The van der Waals surface area contributed by atoms with Gasteiger partial charge in [-0.3, -0.25) is 5.10 Å². The Labute approximate surface area is 130 Å². The second kappa shape index (κ2) is 6.35. The molecule has 2 rings (SSSR count). The van der Waals surface area contributed by atoms with E-state index >= 15 is 0 Å². The van der Waals surface area contributed by atoms with Crippen LogP contribution in [-0.4, -0.2) is 25.7 Å². The highest BCUT2D eigenvalue weighted by molar-refractivity contribution is 9.11. The lowest BCUT2D eigenvalue weighted by Gasteiger charge is -2.07. The van der Waals surface area contributed by atoms with Crippen molar-refractivity contribution in [2.75, 3.05) is 7.05 Å². The van der Waals surface area contributed by atoms with E-state index in [1.54, 1.807) is 14.0 Å². The second-order valence-electron chi connectivity index (χ2n) is 4.19.